The quantitative estimate of drug-likeness (QED) is 0.215. The molecule has 0 bridgehead atoms. The van der Waals surface area contributed by atoms with Gasteiger partial charge in [-0.15, -0.1) is 0 Å². The normalized spacial score (nSPS) is 50.2. The van der Waals surface area contributed by atoms with Crippen molar-refractivity contribution in [3.8, 4) is 0 Å². The Balaban J connectivity index is 2.16. The number of hydrogen-bond donors (Lipinski definition) is 9. The van der Waals surface area contributed by atoms with Gasteiger partial charge in [0.1, 0.15) is 48.8 Å². The maximum absolute atomic E-state index is 9.95. The van der Waals surface area contributed by atoms with E-state index >= 15 is 0 Å². The lowest BCUT2D eigenvalue weighted by Crippen LogP contribution is -2.65. The zero-order valence-corrected chi connectivity index (χ0v) is 12.3. The minimum atomic E-state index is -2.23. The van der Waals surface area contributed by atoms with E-state index in [0.29, 0.717) is 0 Å². The van der Waals surface area contributed by atoms with Gasteiger partial charge in [0.15, 0.2) is 18.9 Å². The minimum absolute atomic E-state index is 0.720. The lowest BCUT2D eigenvalue weighted by Gasteiger charge is -2.45. The molecule has 2 aliphatic rings. The van der Waals surface area contributed by atoms with Gasteiger partial charge in [0, 0.05) is 0 Å². The lowest BCUT2D eigenvalue weighted by molar-refractivity contribution is -0.369. The van der Waals surface area contributed by atoms with Gasteiger partial charge in [0.05, 0.1) is 6.61 Å². The number of hydrogen-bond acceptors (Lipinski definition) is 12. The maximum Gasteiger partial charge on any atom is 0.187 e. The van der Waals surface area contributed by atoms with Crippen molar-refractivity contribution in [1.29, 1.82) is 0 Å². The average molecular weight is 358 g/mol. The molecule has 0 radical (unpaired) electrons. The lowest BCUT2D eigenvalue weighted by atomic mass is 9.96. The van der Waals surface area contributed by atoms with Crippen LogP contribution in [-0.2, 0) is 14.2 Å². The van der Waals surface area contributed by atoms with Crippen LogP contribution in [0.1, 0.15) is 0 Å². The molecule has 0 unspecified atom stereocenters. The monoisotopic (exact) mass is 358 g/mol. The summed E-state index contributed by atoms with van der Waals surface area (Å²) in [5.41, 5.74) is 0. The molecule has 24 heavy (non-hydrogen) atoms. The third-order valence-electron chi connectivity index (χ3n) is 4.03. The van der Waals surface area contributed by atoms with E-state index in [0.717, 1.165) is 0 Å². The van der Waals surface area contributed by atoms with E-state index in [1.165, 1.54) is 0 Å². The van der Waals surface area contributed by atoms with E-state index in [1.807, 2.05) is 0 Å². The second-order valence-electron chi connectivity index (χ2n) is 5.68. The van der Waals surface area contributed by atoms with Gasteiger partial charge in [0.25, 0.3) is 0 Å². The standard InChI is InChI=1S/C12H22O12/c13-1-2-3(14)4(15)7(18)12(22-2)24-8-5(16)6(17)11(21)23-9(8)10(19)20/h2-21H,1H2/t2-,3+,4+,5-,6-,7-,8+,9+,11-,12+/m1/s1. The molecule has 9 N–H and O–H groups in total. The van der Waals surface area contributed by atoms with Gasteiger partial charge in [-0.25, -0.2) is 0 Å². The SMILES string of the molecule is OC[C@H]1O[C@@H](O[C@H]2[C@H](O)[C@@H](O)[C@H](O)O[C@@H]2C(O)O)[C@H](O)[C@@H](O)[C@H]1O. The van der Waals surface area contributed by atoms with Crippen molar-refractivity contribution in [3.63, 3.8) is 0 Å². The van der Waals surface area contributed by atoms with Crippen LogP contribution in [0.5, 0.6) is 0 Å². The molecule has 2 heterocycles. The van der Waals surface area contributed by atoms with E-state index in [-0.39, 0.29) is 0 Å². The summed E-state index contributed by atoms with van der Waals surface area (Å²) in [4.78, 5) is 0. The van der Waals surface area contributed by atoms with Gasteiger partial charge < -0.3 is 60.2 Å². The molecule has 2 fully saturated rings. The Morgan fingerprint density at radius 1 is 0.792 bits per heavy atom. The highest BCUT2D eigenvalue weighted by Gasteiger charge is 2.51. The molecule has 142 valence electrons. The van der Waals surface area contributed by atoms with E-state index in [9.17, 15) is 40.9 Å². The number of rotatable bonds is 4. The second kappa shape index (κ2) is 7.82. The Labute approximate surface area is 135 Å². The molecule has 10 atom stereocenters. The third-order valence-corrected chi connectivity index (χ3v) is 4.03. The molecular weight excluding hydrogens is 336 g/mol. The third kappa shape index (κ3) is 3.70. The number of aliphatic hydroxyl groups is 9. The van der Waals surface area contributed by atoms with Crippen molar-refractivity contribution < 1.29 is 60.2 Å². The Kier molecular flexibility index (Phi) is 6.46. The van der Waals surface area contributed by atoms with Crippen molar-refractivity contribution >= 4 is 0 Å². The molecule has 2 aliphatic heterocycles. The Bertz CT molecular complexity index is 405. The summed E-state index contributed by atoms with van der Waals surface area (Å²) in [7, 11) is 0. The largest absolute Gasteiger partial charge is 0.394 e. The van der Waals surface area contributed by atoms with Crippen LogP contribution >= 0.6 is 0 Å². The first-order valence-corrected chi connectivity index (χ1v) is 7.20. The van der Waals surface area contributed by atoms with Crippen LogP contribution in [-0.4, -0.2) is 120 Å². The van der Waals surface area contributed by atoms with Crippen LogP contribution in [0.3, 0.4) is 0 Å². The van der Waals surface area contributed by atoms with Gasteiger partial charge in [0.2, 0.25) is 0 Å². The van der Waals surface area contributed by atoms with Gasteiger partial charge in [-0.05, 0) is 0 Å². The smallest absolute Gasteiger partial charge is 0.187 e. The summed E-state index contributed by atoms with van der Waals surface area (Å²) in [5.74, 6) is 0. The van der Waals surface area contributed by atoms with Crippen molar-refractivity contribution in [2.75, 3.05) is 6.61 Å². The predicted molar refractivity (Wildman–Crippen MR) is 69.8 cm³/mol. The molecule has 2 saturated heterocycles. The number of ether oxygens (including phenoxy) is 3. The molecular formula is C12H22O12. The fourth-order valence-corrected chi connectivity index (χ4v) is 2.61. The van der Waals surface area contributed by atoms with Crippen molar-refractivity contribution in [2.45, 2.75) is 67.7 Å². The zero-order valence-electron chi connectivity index (χ0n) is 12.3. The van der Waals surface area contributed by atoms with E-state index in [4.69, 9.17) is 19.3 Å². The highest BCUT2D eigenvalue weighted by Crippen LogP contribution is 2.29. The molecule has 0 spiro atoms. The first-order chi connectivity index (χ1) is 11.2. The molecule has 0 aromatic carbocycles. The number of aliphatic hydroxyl groups excluding tert-OH is 8. The predicted octanol–water partition coefficient (Wildman–Crippen LogP) is -6.08. The summed E-state index contributed by atoms with van der Waals surface area (Å²) < 4.78 is 15.0. The Morgan fingerprint density at radius 3 is 1.96 bits per heavy atom. The minimum Gasteiger partial charge on any atom is -0.394 e. The molecule has 0 amide bonds. The molecule has 0 aromatic rings. The van der Waals surface area contributed by atoms with Gasteiger partial charge in [-0.2, -0.15) is 0 Å². The van der Waals surface area contributed by atoms with Crippen LogP contribution in [0.2, 0.25) is 0 Å². The van der Waals surface area contributed by atoms with Crippen LogP contribution in [0.15, 0.2) is 0 Å². The maximum atomic E-state index is 9.95. The first kappa shape index (κ1) is 19.8. The van der Waals surface area contributed by atoms with Crippen molar-refractivity contribution in [1.82, 2.24) is 0 Å². The highest BCUT2D eigenvalue weighted by molar-refractivity contribution is 4.94. The summed E-state index contributed by atoms with van der Waals surface area (Å²) in [6.45, 7) is -0.720. The summed E-state index contributed by atoms with van der Waals surface area (Å²) >= 11 is 0. The molecule has 0 saturated carbocycles. The van der Waals surface area contributed by atoms with Crippen LogP contribution in [0.4, 0.5) is 0 Å². The van der Waals surface area contributed by atoms with Gasteiger partial charge in [-0.1, -0.05) is 0 Å². The summed E-state index contributed by atoms with van der Waals surface area (Å²) in [5, 5.41) is 85.8. The van der Waals surface area contributed by atoms with Crippen LogP contribution in [0, 0.1) is 0 Å². The van der Waals surface area contributed by atoms with Crippen LogP contribution in [0.25, 0.3) is 0 Å². The van der Waals surface area contributed by atoms with E-state index in [2.05, 4.69) is 0 Å². The zero-order chi connectivity index (χ0) is 18.2. The van der Waals surface area contributed by atoms with Gasteiger partial charge in [-0.3, -0.25) is 0 Å². The summed E-state index contributed by atoms with van der Waals surface area (Å²) in [6.07, 6.45) is -19.4. The first-order valence-electron chi connectivity index (χ1n) is 7.20. The second-order valence-corrected chi connectivity index (χ2v) is 5.68. The Morgan fingerprint density at radius 2 is 1.42 bits per heavy atom. The average Bonchev–Trinajstić information content (AvgIpc) is 2.54. The highest BCUT2D eigenvalue weighted by atomic mass is 16.7. The van der Waals surface area contributed by atoms with Crippen molar-refractivity contribution in [3.05, 3.63) is 0 Å². The molecule has 12 heteroatoms. The summed E-state index contributed by atoms with van der Waals surface area (Å²) in [6, 6.07) is 0. The molecule has 12 nitrogen and oxygen atoms in total. The molecule has 0 aliphatic carbocycles. The van der Waals surface area contributed by atoms with Gasteiger partial charge >= 0.3 is 0 Å². The van der Waals surface area contributed by atoms with Crippen LogP contribution < -0.4 is 0 Å². The van der Waals surface area contributed by atoms with E-state index < -0.39 is 74.3 Å². The fourth-order valence-electron chi connectivity index (χ4n) is 2.61. The Hall–Kier alpha value is -0.480. The van der Waals surface area contributed by atoms with E-state index in [1.54, 1.807) is 0 Å². The molecule has 2 rings (SSSR count). The topological polar surface area (TPSA) is 210 Å². The van der Waals surface area contributed by atoms with Crippen molar-refractivity contribution in [2.24, 2.45) is 0 Å². The fraction of sp³-hybridized carbons (Fsp3) is 1.00. The molecule has 0 aromatic heterocycles.